The van der Waals surface area contributed by atoms with Crippen LogP contribution in [0.5, 0.6) is 0 Å². The summed E-state index contributed by atoms with van der Waals surface area (Å²) >= 11 is 0. The second-order valence-corrected chi connectivity index (χ2v) is 4.49. The Kier molecular flexibility index (Phi) is 5.29. The van der Waals surface area contributed by atoms with Crippen molar-refractivity contribution in [3.8, 4) is 0 Å². The Balaban J connectivity index is 2.71. The zero-order chi connectivity index (χ0) is 14.4. The van der Waals surface area contributed by atoms with Crippen molar-refractivity contribution in [1.29, 1.82) is 0 Å². The zero-order valence-corrected chi connectivity index (χ0v) is 11.4. The van der Waals surface area contributed by atoms with Crippen molar-refractivity contribution in [1.82, 2.24) is 10.2 Å². The minimum atomic E-state index is -0.262. The van der Waals surface area contributed by atoms with Crippen LogP contribution < -0.4 is 10.0 Å². The van der Waals surface area contributed by atoms with E-state index < -0.39 is 0 Å². The number of nitrogens with zero attached hydrogens (tertiary/aromatic N) is 2. The van der Waals surface area contributed by atoms with Gasteiger partial charge < -0.3 is 15.4 Å². The van der Waals surface area contributed by atoms with Gasteiger partial charge in [0.1, 0.15) is 0 Å². The average Bonchev–Trinajstić information content (AvgIpc) is 2.35. The maximum atomic E-state index is 12.1. The molecule has 6 heteroatoms. The minimum absolute atomic E-state index is 0.0137. The number of likely N-dealkylation sites (N-methyl/N-ethyl adjacent to an activating group) is 1. The standard InChI is InChI=1S/C13H19N3O3/c1-4-15(9-12(17)14-10(2)3)13(18)11-5-7-16(19)8-6-11/h5-8,10H,4,9H2,1-3H3,(H,14,17). The molecule has 1 heterocycles. The van der Waals surface area contributed by atoms with Gasteiger partial charge in [0, 0.05) is 24.7 Å². The van der Waals surface area contributed by atoms with Crippen molar-refractivity contribution >= 4 is 11.8 Å². The fraction of sp³-hybridized carbons (Fsp3) is 0.462. The number of pyridine rings is 1. The van der Waals surface area contributed by atoms with Gasteiger partial charge in [0.25, 0.3) is 5.91 Å². The molecule has 0 bridgehead atoms. The van der Waals surface area contributed by atoms with Gasteiger partial charge in [-0.25, -0.2) is 0 Å². The van der Waals surface area contributed by atoms with E-state index in [4.69, 9.17) is 0 Å². The summed E-state index contributed by atoms with van der Waals surface area (Å²) in [5, 5.41) is 13.6. The monoisotopic (exact) mass is 265 g/mol. The Morgan fingerprint density at radius 2 is 1.95 bits per heavy atom. The molecule has 0 saturated carbocycles. The first kappa shape index (κ1) is 14.9. The molecular weight excluding hydrogens is 246 g/mol. The molecule has 1 rings (SSSR count). The van der Waals surface area contributed by atoms with Crippen LogP contribution in [0.25, 0.3) is 0 Å². The summed E-state index contributed by atoms with van der Waals surface area (Å²) in [5.74, 6) is -0.456. The van der Waals surface area contributed by atoms with Crippen LogP contribution in [-0.2, 0) is 4.79 Å². The van der Waals surface area contributed by atoms with Crippen molar-refractivity contribution in [2.24, 2.45) is 0 Å². The van der Waals surface area contributed by atoms with Crippen LogP contribution in [0.1, 0.15) is 31.1 Å². The lowest BCUT2D eigenvalue weighted by Crippen LogP contribution is -2.42. The van der Waals surface area contributed by atoms with Crippen molar-refractivity contribution in [3.05, 3.63) is 35.3 Å². The van der Waals surface area contributed by atoms with Crippen molar-refractivity contribution < 1.29 is 14.3 Å². The highest BCUT2D eigenvalue weighted by Crippen LogP contribution is 2.02. The maximum absolute atomic E-state index is 12.1. The fourth-order valence-electron chi connectivity index (χ4n) is 1.61. The van der Waals surface area contributed by atoms with Gasteiger partial charge in [0.15, 0.2) is 12.4 Å². The zero-order valence-electron chi connectivity index (χ0n) is 11.4. The van der Waals surface area contributed by atoms with Crippen LogP contribution >= 0.6 is 0 Å². The molecule has 1 N–H and O–H groups in total. The predicted octanol–water partition coefficient (Wildman–Crippen LogP) is 0.307. The molecule has 0 aliphatic carbocycles. The molecule has 0 saturated heterocycles. The molecule has 6 nitrogen and oxygen atoms in total. The lowest BCUT2D eigenvalue weighted by atomic mass is 10.2. The van der Waals surface area contributed by atoms with E-state index in [2.05, 4.69) is 5.32 Å². The number of hydrogen-bond acceptors (Lipinski definition) is 3. The SMILES string of the molecule is CCN(CC(=O)NC(C)C)C(=O)c1cc[n+]([O-])cc1. The van der Waals surface area contributed by atoms with E-state index in [1.165, 1.54) is 29.4 Å². The first-order valence-corrected chi connectivity index (χ1v) is 6.21. The highest BCUT2D eigenvalue weighted by atomic mass is 16.5. The van der Waals surface area contributed by atoms with Crippen LogP contribution in [-0.4, -0.2) is 35.8 Å². The van der Waals surface area contributed by atoms with E-state index in [0.717, 1.165) is 0 Å². The number of hydrogen-bond donors (Lipinski definition) is 1. The molecule has 0 aromatic carbocycles. The van der Waals surface area contributed by atoms with E-state index >= 15 is 0 Å². The summed E-state index contributed by atoms with van der Waals surface area (Å²) in [5.41, 5.74) is 0.395. The third-order valence-electron chi connectivity index (χ3n) is 2.50. The molecule has 2 amide bonds. The van der Waals surface area contributed by atoms with E-state index in [9.17, 15) is 14.8 Å². The smallest absolute Gasteiger partial charge is 0.254 e. The first-order valence-electron chi connectivity index (χ1n) is 6.21. The van der Waals surface area contributed by atoms with E-state index in [1.54, 1.807) is 6.92 Å². The minimum Gasteiger partial charge on any atom is -0.619 e. The molecule has 19 heavy (non-hydrogen) atoms. The van der Waals surface area contributed by atoms with E-state index in [0.29, 0.717) is 16.8 Å². The number of carbonyl (C=O) groups excluding carboxylic acids is 2. The summed E-state index contributed by atoms with van der Waals surface area (Å²) in [6.07, 6.45) is 2.52. The fourth-order valence-corrected chi connectivity index (χ4v) is 1.61. The molecule has 0 aliphatic heterocycles. The average molecular weight is 265 g/mol. The van der Waals surface area contributed by atoms with Crippen LogP contribution in [0.4, 0.5) is 0 Å². The molecule has 0 radical (unpaired) electrons. The van der Waals surface area contributed by atoms with Gasteiger partial charge in [-0.2, -0.15) is 4.73 Å². The van der Waals surface area contributed by atoms with Crippen LogP contribution in [0.2, 0.25) is 0 Å². The summed E-state index contributed by atoms with van der Waals surface area (Å²) < 4.78 is 0.610. The second kappa shape index (κ2) is 6.72. The van der Waals surface area contributed by atoms with Gasteiger partial charge in [0.05, 0.1) is 12.1 Å². The molecule has 0 spiro atoms. The van der Waals surface area contributed by atoms with Gasteiger partial charge in [-0.05, 0) is 20.8 Å². The highest BCUT2D eigenvalue weighted by Gasteiger charge is 2.18. The number of amides is 2. The topological polar surface area (TPSA) is 76.4 Å². The van der Waals surface area contributed by atoms with Crippen LogP contribution in [0, 0.1) is 5.21 Å². The predicted molar refractivity (Wildman–Crippen MR) is 70.3 cm³/mol. The second-order valence-electron chi connectivity index (χ2n) is 4.49. The number of aromatic nitrogens is 1. The van der Waals surface area contributed by atoms with Gasteiger partial charge in [-0.3, -0.25) is 9.59 Å². The molecular formula is C13H19N3O3. The van der Waals surface area contributed by atoms with E-state index in [-0.39, 0.29) is 24.4 Å². The molecule has 0 unspecified atom stereocenters. The Hall–Kier alpha value is -2.11. The Labute approximate surface area is 112 Å². The van der Waals surface area contributed by atoms with Gasteiger partial charge in [-0.15, -0.1) is 0 Å². The largest absolute Gasteiger partial charge is 0.619 e. The molecule has 1 aromatic heterocycles. The molecule has 1 aromatic rings. The summed E-state index contributed by atoms with van der Waals surface area (Å²) in [6, 6.07) is 2.92. The Morgan fingerprint density at radius 1 is 1.37 bits per heavy atom. The number of carbonyl (C=O) groups is 2. The Bertz CT molecular complexity index is 443. The summed E-state index contributed by atoms with van der Waals surface area (Å²) in [4.78, 5) is 25.2. The summed E-state index contributed by atoms with van der Waals surface area (Å²) in [7, 11) is 0. The molecule has 0 atom stereocenters. The third-order valence-corrected chi connectivity index (χ3v) is 2.50. The van der Waals surface area contributed by atoms with Crippen LogP contribution in [0.15, 0.2) is 24.5 Å². The Morgan fingerprint density at radius 3 is 2.42 bits per heavy atom. The number of nitrogens with one attached hydrogen (secondary N) is 1. The number of rotatable bonds is 5. The van der Waals surface area contributed by atoms with Gasteiger partial charge in [-0.1, -0.05) is 0 Å². The maximum Gasteiger partial charge on any atom is 0.254 e. The highest BCUT2D eigenvalue weighted by molar-refractivity contribution is 5.96. The van der Waals surface area contributed by atoms with E-state index in [1.807, 2.05) is 13.8 Å². The lowest BCUT2D eigenvalue weighted by molar-refractivity contribution is -0.605. The quantitative estimate of drug-likeness (QED) is 0.615. The molecule has 0 aliphatic rings. The van der Waals surface area contributed by atoms with Crippen molar-refractivity contribution in [2.75, 3.05) is 13.1 Å². The van der Waals surface area contributed by atoms with Gasteiger partial charge in [0.2, 0.25) is 5.91 Å². The lowest BCUT2D eigenvalue weighted by Gasteiger charge is -2.21. The first-order chi connectivity index (χ1) is 8.93. The normalized spacial score (nSPS) is 10.3. The summed E-state index contributed by atoms with van der Waals surface area (Å²) in [6.45, 7) is 5.97. The van der Waals surface area contributed by atoms with Gasteiger partial charge >= 0.3 is 0 Å². The molecule has 0 fully saturated rings. The van der Waals surface area contributed by atoms with Crippen molar-refractivity contribution in [2.45, 2.75) is 26.8 Å². The van der Waals surface area contributed by atoms with Crippen LogP contribution in [0.3, 0.4) is 0 Å². The van der Waals surface area contributed by atoms with Crippen molar-refractivity contribution in [3.63, 3.8) is 0 Å². The third kappa shape index (κ3) is 4.57. The molecule has 104 valence electrons.